The van der Waals surface area contributed by atoms with Crippen LogP contribution in [0.1, 0.15) is 35.1 Å². The molecule has 0 bridgehead atoms. The Morgan fingerprint density at radius 1 is 1.29 bits per heavy atom. The van der Waals surface area contributed by atoms with E-state index in [1.165, 1.54) is 11.1 Å². The van der Waals surface area contributed by atoms with E-state index in [0.717, 1.165) is 18.6 Å². The molecule has 2 aromatic rings. The molecule has 0 spiro atoms. The highest BCUT2D eigenvalue weighted by molar-refractivity contribution is 5.91. The summed E-state index contributed by atoms with van der Waals surface area (Å²) in [4.78, 5) is 14.1. The Hall–Kier alpha value is -2.29. The maximum Gasteiger partial charge on any atom is 0.246 e. The lowest BCUT2D eigenvalue weighted by atomic mass is 10.1. The van der Waals surface area contributed by atoms with E-state index in [0.29, 0.717) is 5.76 Å². The standard InChI is InChI=1S/C18H19NO2/c1-13-7-9-15(21-13)10-12-18(20)19(2)17-11-8-14-5-3-4-6-16(14)17/h3-7,9-10,12,17H,8,11H2,1-2H3/b12-10+. The second-order valence-corrected chi connectivity index (χ2v) is 5.48. The van der Waals surface area contributed by atoms with Crippen molar-refractivity contribution in [2.45, 2.75) is 25.8 Å². The number of hydrogen-bond acceptors (Lipinski definition) is 2. The van der Waals surface area contributed by atoms with Gasteiger partial charge in [0.2, 0.25) is 5.91 Å². The van der Waals surface area contributed by atoms with Crippen molar-refractivity contribution in [1.82, 2.24) is 4.90 Å². The van der Waals surface area contributed by atoms with Gasteiger partial charge in [0.05, 0.1) is 6.04 Å². The van der Waals surface area contributed by atoms with Gasteiger partial charge in [-0.05, 0) is 49.1 Å². The SMILES string of the molecule is Cc1ccc(/C=C/C(=O)N(C)C2CCc3ccccc32)o1. The first-order valence-electron chi connectivity index (χ1n) is 7.24. The van der Waals surface area contributed by atoms with Crippen LogP contribution in [-0.4, -0.2) is 17.9 Å². The van der Waals surface area contributed by atoms with E-state index in [1.807, 2.05) is 37.1 Å². The molecule has 1 amide bonds. The van der Waals surface area contributed by atoms with E-state index in [9.17, 15) is 4.79 Å². The summed E-state index contributed by atoms with van der Waals surface area (Å²) in [6.07, 6.45) is 5.35. The predicted molar refractivity (Wildman–Crippen MR) is 82.8 cm³/mol. The Labute approximate surface area is 124 Å². The summed E-state index contributed by atoms with van der Waals surface area (Å²) in [6.45, 7) is 1.89. The van der Waals surface area contributed by atoms with Crippen molar-refractivity contribution in [3.63, 3.8) is 0 Å². The molecule has 0 N–H and O–H groups in total. The average Bonchev–Trinajstić information content (AvgIpc) is 3.10. The number of aryl methyl sites for hydroxylation is 2. The highest BCUT2D eigenvalue weighted by atomic mass is 16.3. The summed E-state index contributed by atoms with van der Waals surface area (Å²) in [5.41, 5.74) is 2.63. The zero-order chi connectivity index (χ0) is 14.8. The maximum absolute atomic E-state index is 12.3. The molecule has 1 aliphatic carbocycles. The lowest BCUT2D eigenvalue weighted by molar-refractivity contribution is -0.126. The molecular formula is C18H19NO2. The van der Waals surface area contributed by atoms with Crippen LogP contribution in [0.3, 0.4) is 0 Å². The monoisotopic (exact) mass is 281 g/mol. The summed E-state index contributed by atoms with van der Waals surface area (Å²) in [6, 6.07) is 12.3. The highest BCUT2D eigenvalue weighted by Crippen LogP contribution is 2.34. The molecule has 3 heteroatoms. The minimum absolute atomic E-state index is 0.00533. The molecule has 1 aromatic carbocycles. The summed E-state index contributed by atoms with van der Waals surface area (Å²) >= 11 is 0. The van der Waals surface area contributed by atoms with E-state index < -0.39 is 0 Å². The molecule has 0 aliphatic heterocycles. The van der Waals surface area contributed by atoms with Gasteiger partial charge in [-0.1, -0.05) is 24.3 Å². The fourth-order valence-corrected chi connectivity index (χ4v) is 2.90. The second kappa shape index (κ2) is 5.60. The van der Waals surface area contributed by atoms with Crippen LogP contribution >= 0.6 is 0 Å². The van der Waals surface area contributed by atoms with Gasteiger partial charge in [0.15, 0.2) is 0 Å². The van der Waals surface area contributed by atoms with Crippen LogP contribution in [0.4, 0.5) is 0 Å². The Bertz CT molecular complexity index is 684. The second-order valence-electron chi connectivity index (χ2n) is 5.48. The van der Waals surface area contributed by atoms with Crippen molar-refractivity contribution in [2.75, 3.05) is 7.05 Å². The van der Waals surface area contributed by atoms with E-state index in [-0.39, 0.29) is 11.9 Å². The first-order valence-corrected chi connectivity index (χ1v) is 7.24. The minimum Gasteiger partial charge on any atom is -0.462 e. The van der Waals surface area contributed by atoms with Gasteiger partial charge in [0, 0.05) is 13.1 Å². The lowest BCUT2D eigenvalue weighted by Crippen LogP contribution is -2.28. The summed E-state index contributed by atoms with van der Waals surface area (Å²) < 4.78 is 5.44. The predicted octanol–water partition coefficient (Wildman–Crippen LogP) is 3.75. The molecule has 0 saturated heterocycles. The molecule has 1 unspecified atom stereocenters. The molecule has 21 heavy (non-hydrogen) atoms. The number of carbonyl (C=O) groups excluding carboxylic acids is 1. The third kappa shape index (κ3) is 2.77. The van der Waals surface area contributed by atoms with Crippen LogP contribution in [0.2, 0.25) is 0 Å². The molecule has 0 radical (unpaired) electrons. The van der Waals surface area contributed by atoms with E-state index >= 15 is 0 Å². The number of benzene rings is 1. The van der Waals surface area contributed by atoms with Gasteiger partial charge < -0.3 is 9.32 Å². The van der Waals surface area contributed by atoms with Crippen LogP contribution in [0, 0.1) is 6.92 Å². The summed E-state index contributed by atoms with van der Waals surface area (Å²) in [5, 5.41) is 0. The van der Waals surface area contributed by atoms with Crippen LogP contribution < -0.4 is 0 Å². The Morgan fingerprint density at radius 3 is 2.86 bits per heavy atom. The van der Waals surface area contributed by atoms with Crippen molar-refractivity contribution in [1.29, 1.82) is 0 Å². The van der Waals surface area contributed by atoms with Gasteiger partial charge in [-0.25, -0.2) is 0 Å². The van der Waals surface area contributed by atoms with E-state index in [4.69, 9.17) is 4.42 Å². The van der Waals surface area contributed by atoms with Crippen LogP contribution in [0.15, 0.2) is 46.9 Å². The molecular weight excluding hydrogens is 262 g/mol. The van der Waals surface area contributed by atoms with Gasteiger partial charge in [0.1, 0.15) is 11.5 Å². The zero-order valence-corrected chi connectivity index (χ0v) is 12.4. The third-order valence-electron chi connectivity index (χ3n) is 4.07. The van der Waals surface area contributed by atoms with Gasteiger partial charge in [-0.3, -0.25) is 4.79 Å². The van der Waals surface area contributed by atoms with Crippen molar-refractivity contribution in [3.05, 3.63) is 65.1 Å². The number of hydrogen-bond donors (Lipinski definition) is 0. The normalized spacial score (nSPS) is 17.1. The summed E-state index contributed by atoms with van der Waals surface area (Å²) in [5.74, 6) is 1.56. The van der Waals surface area contributed by atoms with Gasteiger partial charge in [0.25, 0.3) is 0 Å². The number of fused-ring (bicyclic) bond motifs is 1. The molecule has 1 atom stereocenters. The lowest BCUT2D eigenvalue weighted by Gasteiger charge is -2.24. The fraction of sp³-hybridized carbons (Fsp3) is 0.278. The van der Waals surface area contributed by atoms with Crippen molar-refractivity contribution in [2.24, 2.45) is 0 Å². The first-order chi connectivity index (χ1) is 10.1. The molecule has 0 saturated carbocycles. The van der Waals surface area contributed by atoms with E-state index in [1.54, 1.807) is 12.2 Å². The van der Waals surface area contributed by atoms with Crippen molar-refractivity contribution in [3.8, 4) is 0 Å². The highest BCUT2D eigenvalue weighted by Gasteiger charge is 2.27. The number of likely N-dealkylation sites (N-methyl/N-ethyl adjacent to an activating group) is 1. The summed E-state index contributed by atoms with van der Waals surface area (Å²) in [7, 11) is 1.87. The Kier molecular flexibility index (Phi) is 3.65. The Balaban J connectivity index is 1.72. The molecule has 0 fully saturated rings. The number of nitrogens with zero attached hydrogens (tertiary/aromatic N) is 1. The molecule has 1 heterocycles. The Morgan fingerprint density at radius 2 is 2.10 bits per heavy atom. The number of furan rings is 1. The number of rotatable bonds is 3. The van der Waals surface area contributed by atoms with Gasteiger partial charge in [-0.15, -0.1) is 0 Å². The topological polar surface area (TPSA) is 33.5 Å². The molecule has 3 rings (SSSR count). The molecule has 1 aromatic heterocycles. The van der Waals surface area contributed by atoms with Crippen molar-refractivity contribution >= 4 is 12.0 Å². The molecule has 108 valence electrons. The average molecular weight is 281 g/mol. The molecule has 3 nitrogen and oxygen atoms in total. The van der Waals surface area contributed by atoms with E-state index in [2.05, 4.69) is 18.2 Å². The third-order valence-corrected chi connectivity index (χ3v) is 4.07. The number of amides is 1. The van der Waals surface area contributed by atoms with Gasteiger partial charge >= 0.3 is 0 Å². The van der Waals surface area contributed by atoms with Crippen LogP contribution in [0.25, 0.3) is 6.08 Å². The van der Waals surface area contributed by atoms with Crippen LogP contribution in [-0.2, 0) is 11.2 Å². The quantitative estimate of drug-likeness (QED) is 0.803. The van der Waals surface area contributed by atoms with Gasteiger partial charge in [-0.2, -0.15) is 0 Å². The fourth-order valence-electron chi connectivity index (χ4n) is 2.90. The van der Waals surface area contributed by atoms with Crippen molar-refractivity contribution < 1.29 is 9.21 Å². The largest absolute Gasteiger partial charge is 0.462 e. The first kappa shape index (κ1) is 13.7. The molecule has 1 aliphatic rings. The van der Waals surface area contributed by atoms with Crippen LogP contribution in [0.5, 0.6) is 0 Å². The smallest absolute Gasteiger partial charge is 0.246 e. The number of carbonyl (C=O) groups is 1. The zero-order valence-electron chi connectivity index (χ0n) is 12.4. The minimum atomic E-state index is 0.00533. The maximum atomic E-state index is 12.3.